The van der Waals surface area contributed by atoms with Crippen LogP contribution in [0.25, 0.3) is 5.82 Å². The van der Waals surface area contributed by atoms with Crippen LogP contribution in [0.2, 0.25) is 0 Å². The number of carbonyl (C=O) groups is 1. The van der Waals surface area contributed by atoms with Gasteiger partial charge in [0.25, 0.3) is 0 Å². The van der Waals surface area contributed by atoms with Gasteiger partial charge in [-0.05, 0) is 19.1 Å². The van der Waals surface area contributed by atoms with E-state index in [-0.39, 0.29) is 11.3 Å². The predicted molar refractivity (Wildman–Crippen MR) is 57.5 cm³/mol. The Bertz CT molecular complexity index is 548. The Hall–Kier alpha value is -2.37. The van der Waals surface area contributed by atoms with Gasteiger partial charge in [0.15, 0.2) is 5.82 Å². The molecule has 0 aliphatic heterocycles. The number of carboxylic acid groups (broad SMARTS) is 1. The summed E-state index contributed by atoms with van der Waals surface area (Å²) in [6, 6.07) is 3.20. The van der Waals surface area contributed by atoms with E-state index in [4.69, 9.17) is 10.8 Å². The second-order valence-corrected chi connectivity index (χ2v) is 3.34. The maximum Gasteiger partial charge on any atom is 0.337 e. The average Bonchev–Trinajstić information content (AvgIpc) is 2.65. The molecule has 2 heterocycles. The van der Waals surface area contributed by atoms with Gasteiger partial charge in [-0.3, -0.25) is 0 Å². The first-order chi connectivity index (χ1) is 7.58. The number of nitrogen functional groups attached to an aromatic ring is 1. The quantitative estimate of drug-likeness (QED) is 0.779. The third-order valence-electron chi connectivity index (χ3n) is 2.11. The normalized spacial score (nSPS) is 10.3. The van der Waals surface area contributed by atoms with Crippen LogP contribution in [0.3, 0.4) is 0 Å². The van der Waals surface area contributed by atoms with Crippen molar-refractivity contribution >= 4 is 11.7 Å². The number of hydrogen-bond acceptors (Lipinski definition) is 4. The Morgan fingerprint density at radius 3 is 2.88 bits per heavy atom. The molecule has 0 saturated carbocycles. The number of anilines is 1. The van der Waals surface area contributed by atoms with E-state index < -0.39 is 5.97 Å². The summed E-state index contributed by atoms with van der Waals surface area (Å²) in [5.74, 6) is -0.648. The maximum atomic E-state index is 10.9. The fourth-order valence-electron chi connectivity index (χ4n) is 1.31. The minimum absolute atomic E-state index is 0.0261. The number of aryl methyl sites for hydroxylation is 1. The first-order valence-corrected chi connectivity index (χ1v) is 4.59. The Labute approximate surface area is 91.3 Å². The lowest BCUT2D eigenvalue weighted by Gasteiger charge is -2.04. The largest absolute Gasteiger partial charge is 0.478 e. The number of nitrogens with zero attached hydrogens (tertiary/aromatic N) is 3. The molecule has 0 spiro atoms. The number of aromatic carboxylic acids is 1. The topological polar surface area (TPSA) is 94.0 Å². The van der Waals surface area contributed by atoms with Crippen LogP contribution >= 0.6 is 0 Å². The summed E-state index contributed by atoms with van der Waals surface area (Å²) in [7, 11) is 0. The van der Waals surface area contributed by atoms with E-state index >= 15 is 0 Å². The number of nitrogens with two attached hydrogens (primary N) is 1. The zero-order chi connectivity index (χ0) is 11.7. The Morgan fingerprint density at radius 1 is 1.56 bits per heavy atom. The summed E-state index contributed by atoms with van der Waals surface area (Å²) in [5.41, 5.74) is 6.49. The van der Waals surface area contributed by atoms with Gasteiger partial charge in [0, 0.05) is 6.20 Å². The van der Waals surface area contributed by atoms with Crippen molar-refractivity contribution in [2.24, 2.45) is 0 Å². The molecule has 0 aliphatic carbocycles. The number of pyridine rings is 1. The SMILES string of the molecule is Cc1ccn(-c2cc(C(=O)O)c(N)cn2)n1. The number of carboxylic acids is 1. The van der Waals surface area contributed by atoms with Crippen LogP contribution in [0, 0.1) is 6.92 Å². The highest BCUT2D eigenvalue weighted by molar-refractivity contribution is 5.93. The van der Waals surface area contributed by atoms with Crippen LogP contribution in [0.5, 0.6) is 0 Å². The number of rotatable bonds is 2. The second kappa shape index (κ2) is 3.65. The highest BCUT2D eigenvalue weighted by Crippen LogP contribution is 2.14. The van der Waals surface area contributed by atoms with E-state index in [0.29, 0.717) is 5.82 Å². The Morgan fingerprint density at radius 2 is 2.31 bits per heavy atom. The van der Waals surface area contributed by atoms with Crippen molar-refractivity contribution in [2.75, 3.05) is 5.73 Å². The average molecular weight is 218 g/mol. The first kappa shape index (κ1) is 10.2. The molecule has 0 radical (unpaired) electrons. The van der Waals surface area contributed by atoms with Crippen LogP contribution in [0.15, 0.2) is 24.5 Å². The van der Waals surface area contributed by atoms with Gasteiger partial charge in [-0.1, -0.05) is 0 Å². The number of aromatic nitrogens is 3. The van der Waals surface area contributed by atoms with E-state index in [0.717, 1.165) is 5.69 Å². The maximum absolute atomic E-state index is 10.9. The van der Waals surface area contributed by atoms with E-state index in [1.54, 1.807) is 12.3 Å². The molecule has 6 nitrogen and oxygen atoms in total. The molecule has 82 valence electrons. The van der Waals surface area contributed by atoms with Gasteiger partial charge in [-0.15, -0.1) is 0 Å². The molecule has 0 aromatic carbocycles. The summed E-state index contributed by atoms with van der Waals surface area (Å²) in [5, 5.41) is 13.0. The fourth-order valence-corrected chi connectivity index (χ4v) is 1.31. The van der Waals surface area contributed by atoms with Crippen molar-refractivity contribution in [3.8, 4) is 5.82 Å². The number of hydrogen-bond donors (Lipinski definition) is 2. The van der Waals surface area contributed by atoms with Gasteiger partial charge in [0.05, 0.1) is 23.1 Å². The minimum atomic E-state index is -1.08. The molecule has 0 bridgehead atoms. The molecule has 6 heteroatoms. The molecule has 0 saturated heterocycles. The van der Waals surface area contributed by atoms with Gasteiger partial charge >= 0.3 is 5.97 Å². The molecular weight excluding hydrogens is 208 g/mol. The van der Waals surface area contributed by atoms with E-state index in [9.17, 15) is 4.79 Å². The molecule has 0 fully saturated rings. The third kappa shape index (κ3) is 1.72. The lowest BCUT2D eigenvalue weighted by Crippen LogP contribution is -2.07. The smallest absolute Gasteiger partial charge is 0.337 e. The Kier molecular flexibility index (Phi) is 2.32. The zero-order valence-electron chi connectivity index (χ0n) is 8.58. The monoisotopic (exact) mass is 218 g/mol. The van der Waals surface area contributed by atoms with Crippen molar-refractivity contribution in [1.29, 1.82) is 0 Å². The van der Waals surface area contributed by atoms with Gasteiger partial charge in [0.2, 0.25) is 0 Å². The summed E-state index contributed by atoms with van der Waals surface area (Å²) in [6.07, 6.45) is 3.02. The molecular formula is C10H10N4O2. The predicted octanol–water partition coefficient (Wildman–Crippen LogP) is 0.856. The Balaban J connectivity index is 2.51. The van der Waals surface area contributed by atoms with Crippen LogP contribution in [-0.4, -0.2) is 25.8 Å². The van der Waals surface area contributed by atoms with Crippen LogP contribution < -0.4 is 5.73 Å². The second-order valence-electron chi connectivity index (χ2n) is 3.34. The van der Waals surface area contributed by atoms with Crippen molar-refractivity contribution in [1.82, 2.24) is 14.8 Å². The molecule has 16 heavy (non-hydrogen) atoms. The highest BCUT2D eigenvalue weighted by Gasteiger charge is 2.10. The van der Waals surface area contributed by atoms with Gasteiger partial charge < -0.3 is 10.8 Å². The van der Waals surface area contributed by atoms with Gasteiger partial charge in [-0.2, -0.15) is 5.10 Å². The summed E-state index contributed by atoms with van der Waals surface area (Å²) in [4.78, 5) is 14.9. The molecule has 3 N–H and O–H groups in total. The first-order valence-electron chi connectivity index (χ1n) is 4.59. The zero-order valence-corrected chi connectivity index (χ0v) is 8.58. The van der Waals surface area contributed by atoms with E-state index in [2.05, 4.69) is 10.1 Å². The molecule has 0 unspecified atom stereocenters. The molecule has 0 aliphatic rings. The summed E-state index contributed by atoms with van der Waals surface area (Å²) < 4.78 is 1.50. The van der Waals surface area contributed by atoms with Crippen molar-refractivity contribution in [3.63, 3.8) is 0 Å². The van der Waals surface area contributed by atoms with Crippen LogP contribution in [0.4, 0.5) is 5.69 Å². The molecule has 0 amide bonds. The van der Waals surface area contributed by atoms with Crippen molar-refractivity contribution < 1.29 is 9.90 Å². The molecule has 2 aromatic rings. The lowest BCUT2D eigenvalue weighted by molar-refractivity contribution is 0.0698. The van der Waals surface area contributed by atoms with Crippen molar-refractivity contribution in [3.05, 3.63) is 35.8 Å². The van der Waals surface area contributed by atoms with Gasteiger partial charge in [-0.25, -0.2) is 14.5 Å². The van der Waals surface area contributed by atoms with E-state index in [1.807, 2.05) is 6.92 Å². The van der Waals surface area contributed by atoms with Crippen molar-refractivity contribution in [2.45, 2.75) is 6.92 Å². The summed E-state index contributed by atoms with van der Waals surface area (Å²) in [6.45, 7) is 1.84. The minimum Gasteiger partial charge on any atom is -0.478 e. The van der Waals surface area contributed by atoms with Crippen LogP contribution in [0.1, 0.15) is 16.1 Å². The highest BCUT2D eigenvalue weighted by atomic mass is 16.4. The third-order valence-corrected chi connectivity index (χ3v) is 2.11. The fraction of sp³-hybridized carbons (Fsp3) is 0.100. The molecule has 0 atom stereocenters. The molecule has 2 aromatic heterocycles. The molecule has 2 rings (SSSR count). The lowest BCUT2D eigenvalue weighted by atomic mass is 10.2. The summed E-state index contributed by atoms with van der Waals surface area (Å²) >= 11 is 0. The van der Waals surface area contributed by atoms with Gasteiger partial charge in [0.1, 0.15) is 0 Å². The van der Waals surface area contributed by atoms with Crippen LogP contribution in [-0.2, 0) is 0 Å². The van der Waals surface area contributed by atoms with E-state index in [1.165, 1.54) is 16.9 Å². The standard InChI is InChI=1S/C10H10N4O2/c1-6-2-3-14(13-6)9-4-7(10(15)16)8(11)5-12-9/h2-5H,11H2,1H3,(H,15,16).